The van der Waals surface area contributed by atoms with Crippen LogP contribution in [0.15, 0.2) is 24.3 Å². The minimum absolute atomic E-state index is 0.0544. The number of rotatable bonds is 5. The maximum atomic E-state index is 13.3. The molecule has 5 nitrogen and oxygen atoms in total. The van der Waals surface area contributed by atoms with Crippen molar-refractivity contribution < 1.29 is 19.4 Å². The zero-order valence-electron chi connectivity index (χ0n) is 15.6. The molecule has 0 atom stereocenters. The number of aryl methyl sites for hydroxylation is 1. The SMILES string of the molecule is Cc1ccccc1C1(C(=O)NCC2(C(=O)O)CCCCC2)CCOCC1. The van der Waals surface area contributed by atoms with Gasteiger partial charge in [-0.15, -0.1) is 0 Å². The predicted molar refractivity (Wildman–Crippen MR) is 99.1 cm³/mol. The van der Waals surface area contributed by atoms with E-state index in [9.17, 15) is 14.7 Å². The molecule has 1 saturated heterocycles. The van der Waals surface area contributed by atoms with E-state index in [1.807, 2.05) is 31.2 Å². The van der Waals surface area contributed by atoms with E-state index in [2.05, 4.69) is 5.32 Å². The van der Waals surface area contributed by atoms with Crippen molar-refractivity contribution in [1.29, 1.82) is 0 Å². The quantitative estimate of drug-likeness (QED) is 0.846. The Morgan fingerprint density at radius 2 is 1.73 bits per heavy atom. The monoisotopic (exact) mass is 359 g/mol. The van der Waals surface area contributed by atoms with Gasteiger partial charge < -0.3 is 15.2 Å². The lowest BCUT2D eigenvalue weighted by atomic mass is 9.70. The van der Waals surface area contributed by atoms with Gasteiger partial charge in [0, 0.05) is 19.8 Å². The third-order valence-electron chi connectivity index (χ3n) is 6.29. The van der Waals surface area contributed by atoms with Crippen LogP contribution in [0.2, 0.25) is 0 Å². The third-order valence-corrected chi connectivity index (χ3v) is 6.29. The molecule has 2 fully saturated rings. The molecule has 0 radical (unpaired) electrons. The number of carbonyl (C=O) groups excluding carboxylic acids is 1. The van der Waals surface area contributed by atoms with E-state index < -0.39 is 16.8 Å². The largest absolute Gasteiger partial charge is 0.481 e. The number of benzene rings is 1. The first-order valence-corrected chi connectivity index (χ1v) is 9.66. The number of carboxylic acid groups (broad SMARTS) is 1. The van der Waals surface area contributed by atoms with Crippen molar-refractivity contribution in [1.82, 2.24) is 5.32 Å². The summed E-state index contributed by atoms with van der Waals surface area (Å²) in [7, 11) is 0. The lowest BCUT2D eigenvalue weighted by Crippen LogP contribution is -2.52. The second-order valence-corrected chi connectivity index (χ2v) is 7.84. The fourth-order valence-electron chi connectivity index (χ4n) is 4.56. The van der Waals surface area contributed by atoms with Gasteiger partial charge in [0.05, 0.1) is 10.8 Å². The van der Waals surface area contributed by atoms with Gasteiger partial charge >= 0.3 is 5.97 Å². The molecule has 142 valence electrons. The second-order valence-electron chi connectivity index (χ2n) is 7.84. The third kappa shape index (κ3) is 3.50. The smallest absolute Gasteiger partial charge is 0.311 e. The summed E-state index contributed by atoms with van der Waals surface area (Å²) in [5, 5.41) is 12.8. The molecule has 3 rings (SSSR count). The summed E-state index contributed by atoms with van der Waals surface area (Å²) < 4.78 is 5.51. The molecule has 1 saturated carbocycles. The van der Waals surface area contributed by atoms with Crippen molar-refractivity contribution in [3.63, 3.8) is 0 Å². The van der Waals surface area contributed by atoms with E-state index in [4.69, 9.17) is 4.74 Å². The van der Waals surface area contributed by atoms with Gasteiger partial charge in [0.1, 0.15) is 0 Å². The van der Waals surface area contributed by atoms with Crippen LogP contribution < -0.4 is 5.32 Å². The number of nitrogens with one attached hydrogen (secondary N) is 1. The van der Waals surface area contributed by atoms with Crippen LogP contribution in [0.5, 0.6) is 0 Å². The normalized spacial score (nSPS) is 21.7. The van der Waals surface area contributed by atoms with E-state index in [-0.39, 0.29) is 12.5 Å². The molecule has 1 aromatic rings. The van der Waals surface area contributed by atoms with Crippen LogP contribution in [0.3, 0.4) is 0 Å². The Hall–Kier alpha value is -1.88. The number of carbonyl (C=O) groups is 2. The van der Waals surface area contributed by atoms with Crippen molar-refractivity contribution in [3.8, 4) is 0 Å². The van der Waals surface area contributed by atoms with E-state index in [1.54, 1.807) is 0 Å². The van der Waals surface area contributed by atoms with Crippen molar-refractivity contribution in [2.24, 2.45) is 5.41 Å². The summed E-state index contributed by atoms with van der Waals surface area (Å²) >= 11 is 0. The Labute approximate surface area is 155 Å². The molecule has 0 bridgehead atoms. The van der Waals surface area contributed by atoms with Crippen LogP contribution in [0.4, 0.5) is 0 Å². The minimum atomic E-state index is -0.813. The topological polar surface area (TPSA) is 75.6 Å². The number of aliphatic carboxylic acids is 1. The van der Waals surface area contributed by atoms with Crippen molar-refractivity contribution >= 4 is 11.9 Å². The summed E-state index contributed by atoms with van der Waals surface area (Å²) in [4.78, 5) is 25.2. The molecule has 1 aliphatic carbocycles. The lowest BCUT2D eigenvalue weighted by molar-refractivity contribution is -0.151. The van der Waals surface area contributed by atoms with E-state index in [0.29, 0.717) is 38.9 Å². The molecule has 5 heteroatoms. The van der Waals surface area contributed by atoms with Gasteiger partial charge in [-0.25, -0.2) is 0 Å². The van der Waals surface area contributed by atoms with Crippen LogP contribution in [-0.4, -0.2) is 36.7 Å². The van der Waals surface area contributed by atoms with Crippen molar-refractivity contribution in [2.75, 3.05) is 19.8 Å². The van der Waals surface area contributed by atoms with E-state index >= 15 is 0 Å². The summed E-state index contributed by atoms with van der Waals surface area (Å²) in [6, 6.07) is 7.99. The average molecular weight is 359 g/mol. The molecule has 0 unspecified atom stereocenters. The zero-order chi connectivity index (χ0) is 18.6. The van der Waals surface area contributed by atoms with E-state index in [1.165, 1.54) is 0 Å². The summed E-state index contributed by atoms with van der Waals surface area (Å²) in [5.74, 6) is -0.837. The first kappa shape index (κ1) is 18.9. The van der Waals surface area contributed by atoms with Crippen LogP contribution in [0.1, 0.15) is 56.1 Å². The molecule has 1 aliphatic heterocycles. The highest BCUT2D eigenvalue weighted by atomic mass is 16.5. The summed E-state index contributed by atoms with van der Waals surface area (Å²) in [6.45, 7) is 3.34. The standard InChI is InChI=1S/C21H29NO4/c1-16-7-3-4-8-17(16)21(11-13-26-14-12-21)18(23)22-15-20(19(24)25)9-5-2-6-10-20/h3-4,7-8H,2,5-6,9-15H2,1H3,(H,22,23)(H,24,25). The van der Waals surface area contributed by atoms with Gasteiger partial charge in [0.2, 0.25) is 5.91 Å². The number of hydrogen-bond donors (Lipinski definition) is 2. The van der Waals surface area contributed by atoms with E-state index in [0.717, 1.165) is 30.4 Å². The number of carboxylic acids is 1. The Balaban J connectivity index is 1.82. The fraction of sp³-hybridized carbons (Fsp3) is 0.619. The molecule has 1 amide bonds. The minimum Gasteiger partial charge on any atom is -0.481 e. The maximum absolute atomic E-state index is 13.3. The first-order valence-electron chi connectivity index (χ1n) is 9.66. The van der Waals surface area contributed by atoms with Crippen molar-refractivity contribution in [3.05, 3.63) is 35.4 Å². The maximum Gasteiger partial charge on any atom is 0.311 e. The van der Waals surface area contributed by atoms with Crippen molar-refractivity contribution in [2.45, 2.75) is 57.3 Å². The van der Waals surface area contributed by atoms with Crippen LogP contribution in [0.25, 0.3) is 0 Å². The van der Waals surface area contributed by atoms with Crippen LogP contribution >= 0.6 is 0 Å². The number of ether oxygens (including phenoxy) is 1. The second kappa shape index (κ2) is 7.78. The first-order chi connectivity index (χ1) is 12.5. The summed E-state index contributed by atoms with van der Waals surface area (Å²) in [6.07, 6.45) is 5.45. The number of amides is 1. The highest BCUT2D eigenvalue weighted by Crippen LogP contribution is 2.39. The molecular formula is C21H29NO4. The highest BCUT2D eigenvalue weighted by molar-refractivity contribution is 5.89. The molecule has 26 heavy (non-hydrogen) atoms. The molecule has 2 N–H and O–H groups in total. The van der Waals surface area contributed by atoms with Gasteiger partial charge in [0.25, 0.3) is 0 Å². The molecule has 0 spiro atoms. The Morgan fingerprint density at radius 3 is 2.35 bits per heavy atom. The van der Waals surface area contributed by atoms with Crippen LogP contribution in [0, 0.1) is 12.3 Å². The highest BCUT2D eigenvalue weighted by Gasteiger charge is 2.45. The van der Waals surface area contributed by atoms with Gasteiger partial charge in [-0.3, -0.25) is 9.59 Å². The summed E-state index contributed by atoms with van der Waals surface area (Å²) in [5.41, 5.74) is 0.688. The van der Waals surface area contributed by atoms with Gasteiger partial charge in [0.15, 0.2) is 0 Å². The Bertz CT molecular complexity index is 658. The fourth-order valence-corrected chi connectivity index (χ4v) is 4.56. The van der Waals surface area contributed by atoms with Gasteiger partial charge in [-0.1, -0.05) is 43.5 Å². The Kier molecular flexibility index (Phi) is 5.66. The molecule has 2 aliphatic rings. The molecule has 0 aromatic heterocycles. The van der Waals surface area contributed by atoms with Gasteiger partial charge in [-0.2, -0.15) is 0 Å². The van der Waals surface area contributed by atoms with Gasteiger partial charge in [-0.05, 0) is 43.7 Å². The Morgan fingerprint density at radius 1 is 1.08 bits per heavy atom. The molecule has 1 aromatic carbocycles. The molecular weight excluding hydrogens is 330 g/mol. The average Bonchev–Trinajstić information content (AvgIpc) is 2.67. The zero-order valence-corrected chi connectivity index (χ0v) is 15.6. The van der Waals surface area contributed by atoms with Crippen LogP contribution in [-0.2, 0) is 19.7 Å². The number of hydrogen-bond acceptors (Lipinski definition) is 3. The lowest BCUT2D eigenvalue weighted by Gasteiger charge is -2.39. The predicted octanol–water partition coefficient (Wildman–Crippen LogP) is 3.19. The molecule has 1 heterocycles.